The van der Waals surface area contributed by atoms with Crippen LogP contribution in [0, 0.1) is 0 Å². The number of ketones is 1. The van der Waals surface area contributed by atoms with E-state index in [0.29, 0.717) is 24.3 Å². The lowest BCUT2D eigenvalue weighted by atomic mass is 10.1. The molecule has 0 aliphatic heterocycles. The highest BCUT2D eigenvalue weighted by Gasteiger charge is 2.08. The Morgan fingerprint density at radius 2 is 1.65 bits per heavy atom. The molecule has 0 unspecified atom stereocenters. The Labute approximate surface area is 152 Å². The van der Waals surface area contributed by atoms with Crippen LogP contribution < -0.4 is 10.1 Å². The van der Waals surface area contributed by atoms with Crippen molar-refractivity contribution in [3.8, 4) is 5.75 Å². The van der Waals surface area contributed by atoms with Crippen molar-refractivity contribution >= 4 is 23.3 Å². The lowest BCUT2D eigenvalue weighted by molar-refractivity contribution is -0.147. The van der Waals surface area contributed by atoms with Gasteiger partial charge >= 0.3 is 5.97 Å². The number of nitrogens with one attached hydrogen (secondary N) is 1. The van der Waals surface area contributed by atoms with Crippen LogP contribution in [-0.4, -0.2) is 30.9 Å². The average molecular weight is 355 g/mol. The molecule has 2 aromatic rings. The molecule has 0 aliphatic carbocycles. The van der Waals surface area contributed by atoms with Gasteiger partial charge in [0.1, 0.15) is 5.75 Å². The van der Waals surface area contributed by atoms with E-state index in [2.05, 4.69) is 5.32 Å². The fourth-order valence-corrected chi connectivity index (χ4v) is 2.13. The van der Waals surface area contributed by atoms with Crippen LogP contribution in [-0.2, 0) is 14.3 Å². The number of ether oxygens (including phenoxy) is 2. The molecular weight excluding hydrogens is 334 g/mol. The third-order valence-corrected chi connectivity index (χ3v) is 3.48. The van der Waals surface area contributed by atoms with Crippen LogP contribution in [0.4, 0.5) is 5.69 Å². The summed E-state index contributed by atoms with van der Waals surface area (Å²) in [4.78, 5) is 34.6. The van der Waals surface area contributed by atoms with Gasteiger partial charge in [-0.15, -0.1) is 0 Å². The molecule has 0 heterocycles. The van der Waals surface area contributed by atoms with E-state index in [9.17, 15) is 14.4 Å². The van der Waals surface area contributed by atoms with Gasteiger partial charge in [-0.2, -0.15) is 0 Å². The third-order valence-electron chi connectivity index (χ3n) is 3.48. The minimum absolute atomic E-state index is 0.0481. The first-order chi connectivity index (χ1) is 12.5. The number of carbonyl (C=O) groups excluding carboxylic acids is 3. The Balaban J connectivity index is 1.62. The third kappa shape index (κ3) is 6.76. The van der Waals surface area contributed by atoms with Gasteiger partial charge in [0.05, 0.1) is 6.61 Å². The number of carbonyl (C=O) groups is 3. The van der Waals surface area contributed by atoms with Crippen molar-refractivity contribution in [3.63, 3.8) is 0 Å². The molecule has 0 fully saturated rings. The predicted octanol–water partition coefficient (Wildman–Crippen LogP) is 3.23. The van der Waals surface area contributed by atoms with E-state index < -0.39 is 11.9 Å². The molecule has 2 rings (SSSR count). The Morgan fingerprint density at radius 1 is 0.962 bits per heavy atom. The second-order valence-corrected chi connectivity index (χ2v) is 5.61. The molecule has 0 aromatic heterocycles. The maximum atomic E-state index is 11.8. The topological polar surface area (TPSA) is 81.7 Å². The van der Waals surface area contributed by atoms with Gasteiger partial charge in [0.15, 0.2) is 12.4 Å². The number of hydrogen-bond donors (Lipinski definition) is 1. The van der Waals surface area contributed by atoms with Crippen molar-refractivity contribution in [2.75, 3.05) is 18.5 Å². The first kappa shape index (κ1) is 19.2. The largest absolute Gasteiger partial charge is 0.494 e. The molecule has 1 N–H and O–H groups in total. The van der Waals surface area contributed by atoms with Crippen LogP contribution in [0.3, 0.4) is 0 Å². The molecule has 2 aromatic carbocycles. The van der Waals surface area contributed by atoms with Crippen molar-refractivity contribution in [3.05, 3.63) is 60.2 Å². The summed E-state index contributed by atoms with van der Waals surface area (Å²) in [6, 6.07) is 15.8. The molecule has 26 heavy (non-hydrogen) atoms. The van der Waals surface area contributed by atoms with Crippen LogP contribution in [0.5, 0.6) is 5.75 Å². The smallest absolute Gasteiger partial charge is 0.306 e. The van der Waals surface area contributed by atoms with Gasteiger partial charge in [-0.25, -0.2) is 0 Å². The predicted molar refractivity (Wildman–Crippen MR) is 97.2 cm³/mol. The minimum atomic E-state index is -0.455. The van der Waals surface area contributed by atoms with Crippen molar-refractivity contribution < 1.29 is 23.9 Å². The summed E-state index contributed by atoms with van der Waals surface area (Å²) in [6.07, 6.45) is 0.676. The lowest BCUT2D eigenvalue weighted by Gasteiger charge is -2.08. The first-order valence-corrected chi connectivity index (χ1v) is 8.29. The van der Waals surface area contributed by atoms with Crippen LogP contribution in [0.15, 0.2) is 54.6 Å². The Morgan fingerprint density at radius 3 is 2.31 bits per heavy atom. The molecule has 0 saturated carbocycles. The highest BCUT2D eigenvalue weighted by Crippen LogP contribution is 2.10. The molecule has 1 amide bonds. The number of hydrogen-bond acceptors (Lipinski definition) is 5. The number of benzene rings is 2. The number of anilines is 1. The highest BCUT2D eigenvalue weighted by atomic mass is 16.5. The number of rotatable bonds is 9. The summed E-state index contributed by atoms with van der Waals surface area (Å²) in [5.41, 5.74) is 1.10. The molecule has 0 aliphatic rings. The zero-order valence-electron chi connectivity index (χ0n) is 14.6. The molecule has 0 radical (unpaired) electrons. The molecule has 0 bridgehead atoms. The van der Waals surface area contributed by atoms with E-state index in [-0.39, 0.29) is 18.8 Å². The summed E-state index contributed by atoms with van der Waals surface area (Å²) in [6.45, 7) is 1.51. The summed E-state index contributed by atoms with van der Waals surface area (Å²) in [5.74, 6) is -0.192. The summed E-state index contributed by atoms with van der Waals surface area (Å²) >= 11 is 0. The maximum Gasteiger partial charge on any atom is 0.306 e. The summed E-state index contributed by atoms with van der Waals surface area (Å²) in [7, 11) is 0. The zero-order valence-corrected chi connectivity index (χ0v) is 14.6. The van der Waals surface area contributed by atoms with Crippen molar-refractivity contribution in [2.45, 2.75) is 19.8 Å². The van der Waals surface area contributed by atoms with E-state index in [1.54, 1.807) is 24.3 Å². The second kappa shape index (κ2) is 9.98. The van der Waals surface area contributed by atoms with Crippen molar-refractivity contribution in [1.82, 2.24) is 0 Å². The van der Waals surface area contributed by atoms with Gasteiger partial charge in [-0.3, -0.25) is 14.4 Å². The van der Waals surface area contributed by atoms with Gasteiger partial charge in [0.2, 0.25) is 0 Å². The lowest BCUT2D eigenvalue weighted by Crippen LogP contribution is -2.21. The Hall–Kier alpha value is -3.15. The fraction of sp³-hybridized carbons (Fsp3) is 0.250. The van der Waals surface area contributed by atoms with E-state index >= 15 is 0 Å². The quantitative estimate of drug-likeness (QED) is 0.424. The van der Waals surface area contributed by atoms with Crippen LogP contribution in [0.25, 0.3) is 0 Å². The van der Waals surface area contributed by atoms with Gasteiger partial charge in [-0.1, -0.05) is 18.2 Å². The first-order valence-electron chi connectivity index (χ1n) is 8.29. The van der Waals surface area contributed by atoms with E-state index in [0.717, 1.165) is 5.75 Å². The molecule has 0 spiro atoms. The maximum absolute atomic E-state index is 11.8. The number of esters is 1. The van der Waals surface area contributed by atoms with Crippen LogP contribution in [0.1, 0.15) is 30.1 Å². The van der Waals surface area contributed by atoms with Gasteiger partial charge in [-0.05, 0) is 49.7 Å². The number of Topliss-reactive ketones (excluding diaryl/α,β-unsaturated/α-hetero) is 1. The van der Waals surface area contributed by atoms with E-state index in [4.69, 9.17) is 9.47 Å². The fourth-order valence-electron chi connectivity index (χ4n) is 2.13. The van der Waals surface area contributed by atoms with E-state index in [1.165, 1.54) is 6.92 Å². The monoisotopic (exact) mass is 355 g/mol. The van der Waals surface area contributed by atoms with Gasteiger partial charge in [0.25, 0.3) is 5.91 Å². The standard InChI is InChI=1S/C20H21NO5/c1-15(22)16-9-11-17(12-10-16)21-19(23)14-26-20(24)8-5-13-25-18-6-3-2-4-7-18/h2-4,6-7,9-12H,5,8,13-14H2,1H3,(H,21,23). The van der Waals surface area contributed by atoms with Crippen molar-refractivity contribution in [1.29, 1.82) is 0 Å². The van der Waals surface area contributed by atoms with Crippen LogP contribution >= 0.6 is 0 Å². The Bertz CT molecular complexity index is 741. The molecule has 6 heteroatoms. The normalized spacial score (nSPS) is 10.0. The van der Waals surface area contributed by atoms with Gasteiger partial charge < -0.3 is 14.8 Å². The number of para-hydroxylation sites is 1. The SMILES string of the molecule is CC(=O)c1ccc(NC(=O)COC(=O)CCCOc2ccccc2)cc1. The van der Waals surface area contributed by atoms with Crippen LogP contribution in [0.2, 0.25) is 0 Å². The van der Waals surface area contributed by atoms with E-state index in [1.807, 2.05) is 30.3 Å². The summed E-state index contributed by atoms with van der Waals surface area (Å²) < 4.78 is 10.4. The number of amides is 1. The molecule has 6 nitrogen and oxygen atoms in total. The Kier molecular flexibility index (Phi) is 7.36. The minimum Gasteiger partial charge on any atom is -0.494 e. The molecule has 0 saturated heterocycles. The molecule has 136 valence electrons. The zero-order chi connectivity index (χ0) is 18.8. The molecule has 0 atom stereocenters. The molecular formula is C20H21NO5. The second-order valence-electron chi connectivity index (χ2n) is 5.61. The summed E-state index contributed by atoms with van der Waals surface area (Å²) in [5, 5.41) is 2.60. The van der Waals surface area contributed by atoms with Gasteiger partial charge in [0, 0.05) is 17.7 Å². The van der Waals surface area contributed by atoms with Crippen molar-refractivity contribution in [2.24, 2.45) is 0 Å². The average Bonchev–Trinajstić information content (AvgIpc) is 2.65. The highest BCUT2D eigenvalue weighted by molar-refractivity contribution is 5.96.